The summed E-state index contributed by atoms with van der Waals surface area (Å²) in [5, 5.41) is 0. The van der Waals surface area contributed by atoms with Crippen molar-refractivity contribution in [2.75, 3.05) is 0 Å². The van der Waals surface area contributed by atoms with Gasteiger partial charge >= 0.3 is 0 Å². The zero-order valence-corrected chi connectivity index (χ0v) is 11.8. The van der Waals surface area contributed by atoms with Gasteiger partial charge in [0, 0.05) is 4.47 Å². The van der Waals surface area contributed by atoms with Crippen LogP contribution in [0.4, 0.5) is 0 Å². The molecular weight excluding hydrogens is 256 g/mol. The Bertz CT molecular complexity index is 289. The third kappa shape index (κ3) is 3.94. The summed E-state index contributed by atoms with van der Waals surface area (Å²) in [6, 6.07) is 8.32. The van der Waals surface area contributed by atoms with E-state index in [0.29, 0.717) is 0 Å². The predicted octanol–water partition coefficient (Wildman–Crippen LogP) is 4.36. The van der Waals surface area contributed by atoms with Crippen LogP contribution in [0, 0.1) is 0 Å². The summed E-state index contributed by atoms with van der Waals surface area (Å²) < 4.78 is 7.10. The SMILES string of the molecule is CC(O[Si](C)(C)C)c1ccc(Br)cc1. The molecule has 0 spiro atoms. The van der Waals surface area contributed by atoms with Gasteiger partial charge in [-0.15, -0.1) is 0 Å². The largest absolute Gasteiger partial charge is 0.411 e. The Labute approximate surface area is 95.7 Å². The highest BCUT2D eigenvalue weighted by Gasteiger charge is 2.18. The molecule has 0 aliphatic heterocycles. The third-order valence-corrected chi connectivity index (χ3v) is 3.46. The fraction of sp³-hybridized carbons (Fsp3) is 0.455. The second kappa shape index (κ2) is 4.60. The van der Waals surface area contributed by atoms with Crippen molar-refractivity contribution in [3.05, 3.63) is 34.3 Å². The van der Waals surface area contributed by atoms with Crippen molar-refractivity contribution in [1.29, 1.82) is 0 Å². The Morgan fingerprint density at radius 2 is 1.64 bits per heavy atom. The molecule has 1 unspecified atom stereocenters. The molecule has 1 aromatic carbocycles. The van der Waals surface area contributed by atoms with Crippen molar-refractivity contribution >= 4 is 24.2 Å². The van der Waals surface area contributed by atoms with Crippen LogP contribution in [0.25, 0.3) is 0 Å². The van der Waals surface area contributed by atoms with Crippen molar-refractivity contribution < 1.29 is 4.43 Å². The Morgan fingerprint density at radius 1 is 1.14 bits per heavy atom. The van der Waals surface area contributed by atoms with Crippen LogP contribution in [0.3, 0.4) is 0 Å². The van der Waals surface area contributed by atoms with Crippen LogP contribution >= 0.6 is 15.9 Å². The van der Waals surface area contributed by atoms with Crippen LogP contribution in [0.15, 0.2) is 28.7 Å². The standard InChI is InChI=1S/C11H17BrOSi/c1-9(13-14(2,3)4)10-5-7-11(12)8-6-10/h5-9H,1-4H3. The zero-order valence-electron chi connectivity index (χ0n) is 9.17. The first-order valence-corrected chi connectivity index (χ1v) is 9.02. The van der Waals surface area contributed by atoms with Gasteiger partial charge in [-0.25, -0.2) is 0 Å². The second-order valence-corrected chi connectivity index (χ2v) is 9.80. The molecule has 1 aromatic rings. The number of hydrogen-bond donors (Lipinski definition) is 0. The van der Waals surface area contributed by atoms with E-state index in [1.807, 2.05) is 0 Å². The highest BCUT2D eigenvalue weighted by Crippen LogP contribution is 2.22. The molecule has 0 aromatic heterocycles. The van der Waals surface area contributed by atoms with Crippen LogP contribution in [0.1, 0.15) is 18.6 Å². The molecule has 3 heteroatoms. The monoisotopic (exact) mass is 272 g/mol. The maximum atomic E-state index is 5.99. The number of halogens is 1. The van der Waals surface area contributed by atoms with E-state index in [4.69, 9.17) is 4.43 Å². The van der Waals surface area contributed by atoms with Gasteiger partial charge in [-0.1, -0.05) is 28.1 Å². The van der Waals surface area contributed by atoms with Crippen molar-refractivity contribution in [3.8, 4) is 0 Å². The van der Waals surface area contributed by atoms with E-state index in [-0.39, 0.29) is 6.10 Å². The molecule has 0 bridgehead atoms. The van der Waals surface area contributed by atoms with Gasteiger partial charge in [-0.05, 0) is 44.3 Å². The normalized spacial score (nSPS) is 14.1. The summed E-state index contributed by atoms with van der Waals surface area (Å²) in [5.41, 5.74) is 1.25. The summed E-state index contributed by atoms with van der Waals surface area (Å²) in [5.74, 6) is 0. The fourth-order valence-corrected chi connectivity index (χ4v) is 2.79. The van der Waals surface area contributed by atoms with Gasteiger partial charge in [0.05, 0.1) is 6.10 Å². The van der Waals surface area contributed by atoms with E-state index in [2.05, 4.69) is 66.8 Å². The lowest BCUT2D eigenvalue weighted by molar-refractivity contribution is 0.219. The number of rotatable bonds is 3. The third-order valence-electron chi connectivity index (χ3n) is 1.87. The van der Waals surface area contributed by atoms with Gasteiger partial charge in [-0.3, -0.25) is 0 Å². The average molecular weight is 273 g/mol. The molecule has 78 valence electrons. The average Bonchev–Trinajstić information content (AvgIpc) is 2.02. The summed E-state index contributed by atoms with van der Waals surface area (Å²) in [6.45, 7) is 8.74. The van der Waals surface area contributed by atoms with Crippen LogP contribution < -0.4 is 0 Å². The predicted molar refractivity (Wildman–Crippen MR) is 67.0 cm³/mol. The summed E-state index contributed by atoms with van der Waals surface area (Å²) in [4.78, 5) is 0. The molecule has 0 fully saturated rings. The van der Waals surface area contributed by atoms with Gasteiger partial charge in [0.2, 0.25) is 0 Å². The summed E-state index contributed by atoms with van der Waals surface area (Å²) >= 11 is 3.42. The Kier molecular flexibility index (Phi) is 3.92. The number of hydrogen-bond acceptors (Lipinski definition) is 1. The van der Waals surface area contributed by atoms with Crippen LogP contribution in [-0.4, -0.2) is 8.32 Å². The van der Waals surface area contributed by atoms with E-state index in [1.54, 1.807) is 0 Å². The molecule has 0 heterocycles. The van der Waals surface area contributed by atoms with Crippen molar-refractivity contribution in [2.24, 2.45) is 0 Å². The highest BCUT2D eigenvalue weighted by atomic mass is 79.9. The minimum atomic E-state index is -1.43. The fourth-order valence-electron chi connectivity index (χ4n) is 1.33. The van der Waals surface area contributed by atoms with Gasteiger partial charge < -0.3 is 4.43 Å². The lowest BCUT2D eigenvalue weighted by atomic mass is 10.1. The van der Waals surface area contributed by atoms with Gasteiger partial charge in [0.25, 0.3) is 0 Å². The first kappa shape index (κ1) is 11.9. The number of benzene rings is 1. The molecule has 0 radical (unpaired) electrons. The van der Waals surface area contributed by atoms with Crippen LogP contribution in [0.2, 0.25) is 19.6 Å². The Hall–Kier alpha value is -0.123. The molecule has 0 aliphatic carbocycles. The first-order valence-electron chi connectivity index (χ1n) is 4.82. The summed E-state index contributed by atoms with van der Waals surface area (Å²) in [6.07, 6.45) is 0.203. The van der Waals surface area contributed by atoms with Crippen molar-refractivity contribution in [3.63, 3.8) is 0 Å². The molecular formula is C11H17BrOSi. The van der Waals surface area contributed by atoms with E-state index in [1.165, 1.54) is 5.56 Å². The van der Waals surface area contributed by atoms with E-state index in [9.17, 15) is 0 Å². The van der Waals surface area contributed by atoms with Gasteiger partial charge in [-0.2, -0.15) is 0 Å². The highest BCUT2D eigenvalue weighted by molar-refractivity contribution is 9.10. The molecule has 0 saturated carbocycles. The lowest BCUT2D eigenvalue weighted by Crippen LogP contribution is -2.26. The molecule has 0 amide bonds. The lowest BCUT2D eigenvalue weighted by Gasteiger charge is -2.23. The zero-order chi connectivity index (χ0) is 10.8. The molecule has 1 atom stereocenters. The maximum Gasteiger partial charge on any atom is 0.184 e. The molecule has 1 rings (SSSR count). The molecule has 0 N–H and O–H groups in total. The maximum absolute atomic E-state index is 5.99. The van der Waals surface area contributed by atoms with E-state index < -0.39 is 8.32 Å². The molecule has 14 heavy (non-hydrogen) atoms. The van der Waals surface area contributed by atoms with Crippen molar-refractivity contribution in [2.45, 2.75) is 32.7 Å². The van der Waals surface area contributed by atoms with Crippen LogP contribution in [0.5, 0.6) is 0 Å². The molecule has 0 aliphatic rings. The minimum Gasteiger partial charge on any atom is -0.411 e. The van der Waals surface area contributed by atoms with Crippen LogP contribution in [-0.2, 0) is 4.43 Å². The Balaban J connectivity index is 2.70. The van der Waals surface area contributed by atoms with Gasteiger partial charge in [0.1, 0.15) is 0 Å². The minimum absolute atomic E-state index is 0.203. The van der Waals surface area contributed by atoms with E-state index in [0.717, 1.165) is 4.47 Å². The first-order chi connectivity index (χ1) is 6.38. The van der Waals surface area contributed by atoms with Crippen molar-refractivity contribution in [1.82, 2.24) is 0 Å². The second-order valence-electron chi connectivity index (χ2n) is 4.42. The smallest absolute Gasteiger partial charge is 0.184 e. The van der Waals surface area contributed by atoms with Gasteiger partial charge in [0.15, 0.2) is 8.32 Å². The molecule has 1 nitrogen and oxygen atoms in total. The quantitative estimate of drug-likeness (QED) is 0.743. The summed E-state index contributed by atoms with van der Waals surface area (Å²) in [7, 11) is -1.43. The van der Waals surface area contributed by atoms with E-state index >= 15 is 0 Å². The molecule has 0 saturated heterocycles. The topological polar surface area (TPSA) is 9.23 Å². The Morgan fingerprint density at radius 3 is 2.07 bits per heavy atom.